The Morgan fingerprint density at radius 2 is 1.85 bits per heavy atom. The van der Waals surface area contributed by atoms with Crippen LogP contribution in [0.3, 0.4) is 0 Å². The van der Waals surface area contributed by atoms with Crippen LogP contribution in [0.25, 0.3) is 21.7 Å². The lowest BCUT2D eigenvalue weighted by Crippen LogP contribution is -2.27. The Morgan fingerprint density at radius 1 is 1.04 bits per heavy atom. The molecule has 0 saturated carbocycles. The Hall–Kier alpha value is -3.27. The summed E-state index contributed by atoms with van der Waals surface area (Å²) < 4.78 is 10.8. The molecule has 1 heterocycles. The molecule has 0 saturated heterocycles. The van der Waals surface area contributed by atoms with Crippen molar-refractivity contribution < 1.29 is 13.9 Å². The summed E-state index contributed by atoms with van der Waals surface area (Å²) in [4.78, 5) is 14.6. The van der Waals surface area contributed by atoms with E-state index in [1.807, 2.05) is 67.7 Å². The van der Waals surface area contributed by atoms with Gasteiger partial charge in [-0.25, -0.2) is 0 Å². The van der Waals surface area contributed by atoms with Crippen LogP contribution in [0.4, 0.5) is 5.69 Å². The molecule has 0 unspecified atom stereocenters. The molecule has 0 N–H and O–H groups in total. The average Bonchev–Trinajstić information content (AvgIpc) is 3.08. The van der Waals surface area contributed by atoms with Gasteiger partial charge in [0.1, 0.15) is 11.3 Å². The van der Waals surface area contributed by atoms with Crippen LogP contribution in [0.1, 0.15) is 5.56 Å². The van der Waals surface area contributed by atoms with Crippen molar-refractivity contribution in [2.24, 2.45) is 0 Å². The molecule has 0 aliphatic carbocycles. The summed E-state index contributed by atoms with van der Waals surface area (Å²) in [7, 11) is 3.43. The van der Waals surface area contributed by atoms with Crippen molar-refractivity contribution in [1.29, 1.82) is 0 Å². The SMILES string of the molecule is COc1ccc2c(CC(=O)N(C)c3cccc4ccccc34)coc2c1. The number of furan rings is 1. The predicted molar refractivity (Wildman–Crippen MR) is 104 cm³/mol. The zero-order valence-electron chi connectivity index (χ0n) is 14.7. The number of rotatable bonds is 4. The Balaban J connectivity index is 1.63. The highest BCUT2D eigenvalue weighted by molar-refractivity contribution is 6.04. The van der Waals surface area contributed by atoms with Crippen LogP contribution in [0.15, 0.2) is 71.3 Å². The molecule has 3 aromatic carbocycles. The van der Waals surface area contributed by atoms with Crippen LogP contribution in [0.5, 0.6) is 5.75 Å². The molecule has 0 fully saturated rings. The third-order valence-corrected chi connectivity index (χ3v) is 4.71. The first-order valence-corrected chi connectivity index (χ1v) is 8.46. The summed E-state index contributed by atoms with van der Waals surface area (Å²) in [5.74, 6) is 0.748. The maximum atomic E-state index is 12.9. The van der Waals surface area contributed by atoms with E-state index in [0.717, 1.165) is 38.7 Å². The summed E-state index contributed by atoms with van der Waals surface area (Å²) in [5.41, 5.74) is 2.50. The number of methoxy groups -OCH3 is 1. The van der Waals surface area contributed by atoms with Crippen molar-refractivity contribution in [2.45, 2.75) is 6.42 Å². The third kappa shape index (κ3) is 2.80. The molecule has 4 aromatic rings. The number of benzene rings is 3. The van der Waals surface area contributed by atoms with Crippen LogP contribution >= 0.6 is 0 Å². The van der Waals surface area contributed by atoms with Crippen molar-refractivity contribution in [3.63, 3.8) is 0 Å². The van der Waals surface area contributed by atoms with Crippen molar-refractivity contribution in [1.82, 2.24) is 0 Å². The van der Waals surface area contributed by atoms with E-state index in [-0.39, 0.29) is 12.3 Å². The monoisotopic (exact) mass is 345 g/mol. The summed E-state index contributed by atoms with van der Waals surface area (Å²) in [6, 6.07) is 19.7. The summed E-state index contributed by atoms with van der Waals surface area (Å²) in [6.07, 6.45) is 1.93. The number of hydrogen-bond donors (Lipinski definition) is 0. The minimum absolute atomic E-state index is 0.0138. The van der Waals surface area contributed by atoms with Gasteiger partial charge in [-0.15, -0.1) is 0 Å². The normalized spacial score (nSPS) is 11.0. The van der Waals surface area contributed by atoms with E-state index < -0.39 is 0 Å². The number of nitrogens with zero attached hydrogens (tertiary/aromatic N) is 1. The van der Waals surface area contributed by atoms with Crippen LogP contribution in [0, 0.1) is 0 Å². The van der Waals surface area contributed by atoms with E-state index in [4.69, 9.17) is 9.15 Å². The van der Waals surface area contributed by atoms with Crippen molar-refractivity contribution in [3.8, 4) is 5.75 Å². The smallest absolute Gasteiger partial charge is 0.231 e. The van der Waals surface area contributed by atoms with E-state index in [9.17, 15) is 4.79 Å². The van der Waals surface area contributed by atoms with E-state index in [1.165, 1.54) is 0 Å². The topological polar surface area (TPSA) is 42.7 Å². The zero-order chi connectivity index (χ0) is 18.1. The second kappa shape index (κ2) is 6.56. The van der Waals surface area contributed by atoms with Crippen molar-refractivity contribution >= 4 is 33.3 Å². The van der Waals surface area contributed by atoms with Crippen LogP contribution in [0.2, 0.25) is 0 Å². The molecule has 1 aromatic heterocycles. The first-order valence-electron chi connectivity index (χ1n) is 8.46. The van der Waals surface area contributed by atoms with Gasteiger partial charge in [0.25, 0.3) is 0 Å². The van der Waals surface area contributed by atoms with E-state index in [2.05, 4.69) is 0 Å². The van der Waals surface area contributed by atoms with E-state index >= 15 is 0 Å². The lowest BCUT2D eigenvalue weighted by Gasteiger charge is -2.19. The van der Waals surface area contributed by atoms with Crippen LogP contribution in [-0.4, -0.2) is 20.1 Å². The standard InChI is InChI=1S/C22H19NO3/c1-23(20-9-5-7-15-6-3-4-8-18(15)20)22(24)12-16-14-26-21-13-17(25-2)10-11-19(16)21/h3-11,13-14H,12H2,1-2H3. The lowest BCUT2D eigenvalue weighted by molar-refractivity contribution is -0.117. The fourth-order valence-electron chi connectivity index (χ4n) is 3.24. The van der Waals surface area contributed by atoms with Gasteiger partial charge in [-0.1, -0.05) is 36.4 Å². The van der Waals surface area contributed by atoms with E-state index in [1.54, 1.807) is 18.3 Å². The van der Waals surface area contributed by atoms with Gasteiger partial charge in [-0.05, 0) is 23.6 Å². The van der Waals surface area contributed by atoms with Crippen LogP contribution in [-0.2, 0) is 11.2 Å². The second-order valence-electron chi connectivity index (χ2n) is 6.25. The maximum Gasteiger partial charge on any atom is 0.231 e. The third-order valence-electron chi connectivity index (χ3n) is 4.71. The molecule has 130 valence electrons. The Morgan fingerprint density at radius 3 is 2.69 bits per heavy atom. The summed E-state index contributed by atoms with van der Waals surface area (Å²) >= 11 is 0. The quantitative estimate of drug-likeness (QED) is 0.533. The van der Waals surface area contributed by atoms with E-state index in [0.29, 0.717) is 0 Å². The second-order valence-corrected chi connectivity index (χ2v) is 6.25. The molecule has 1 amide bonds. The highest BCUT2D eigenvalue weighted by Gasteiger charge is 2.17. The number of carbonyl (C=O) groups excluding carboxylic acids is 1. The highest BCUT2D eigenvalue weighted by atomic mass is 16.5. The van der Waals surface area contributed by atoms with Gasteiger partial charge >= 0.3 is 0 Å². The van der Waals surface area contributed by atoms with Gasteiger partial charge in [-0.3, -0.25) is 4.79 Å². The number of ether oxygens (including phenoxy) is 1. The zero-order valence-corrected chi connectivity index (χ0v) is 14.7. The fourth-order valence-corrected chi connectivity index (χ4v) is 3.24. The molecule has 4 heteroatoms. The average molecular weight is 345 g/mol. The number of amides is 1. The molecule has 26 heavy (non-hydrogen) atoms. The van der Waals surface area contributed by atoms with Gasteiger partial charge < -0.3 is 14.1 Å². The first-order chi connectivity index (χ1) is 12.7. The lowest BCUT2D eigenvalue weighted by atomic mass is 10.1. The fraction of sp³-hybridized carbons (Fsp3) is 0.136. The number of hydrogen-bond acceptors (Lipinski definition) is 3. The molecule has 4 rings (SSSR count). The molecule has 0 bridgehead atoms. The van der Waals surface area contributed by atoms with Gasteiger partial charge in [0.2, 0.25) is 5.91 Å². The molecule has 0 radical (unpaired) electrons. The van der Waals surface area contributed by atoms with Gasteiger partial charge in [-0.2, -0.15) is 0 Å². The van der Waals surface area contributed by atoms with Gasteiger partial charge in [0, 0.05) is 29.4 Å². The van der Waals surface area contributed by atoms with Gasteiger partial charge in [0.05, 0.1) is 25.5 Å². The Bertz CT molecular complexity index is 1090. The highest BCUT2D eigenvalue weighted by Crippen LogP contribution is 2.29. The molecule has 0 aliphatic heterocycles. The van der Waals surface area contributed by atoms with Crippen molar-refractivity contribution in [2.75, 3.05) is 19.1 Å². The molecular formula is C22H19NO3. The van der Waals surface area contributed by atoms with Crippen LogP contribution < -0.4 is 9.64 Å². The minimum Gasteiger partial charge on any atom is -0.497 e. The molecule has 0 atom stereocenters. The Kier molecular flexibility index (Phi) is 4.09. The molecular weight excluding hydrogens is 326 g/mol. The molecule has 0 spiro atoms. The molecule has 4 nitrogen and oxygen atoms in total. The Labute approximate surface area is 151 Å². The summed E-state index contributed by atoms with van der Waals surface area (Å²) in [6.45, 7) is 0. The van der Waals surface area contributed by atoms with Crippen molar-refractivity contribution in [3.05, 3.63) is 72.5 Å². The minimum atomic E-state index is 0.0138. The number of likely N-dealkylation sites (N-methyl/N-ethyl adjacent to an activating group) is 1. The summed E-state index contributed by atoms with van der Waals surface area (Å²) in [5, 5.41) is 3.11. The number of fused-ring (bicyclic) bond motifs is 2. The first kappa shape index (κ1) is 16.2. The van der Waals surface area contributed by atoms with Gasteiger partial charge in [0.15, 0.2) is 0 Å². The largest absolute Gasteiger partial charge is 0.497 e. The number of carbonyl (C=O) groups is 1. The number of anilines is 1. The predicted octanol–water partition coefficient (Wildman–Crippen LogP) is 4.80. The maximum absolute atomic E-state index is 12.9. The molecule has 0 aliphatic rings.